The van der Waals surface area contributed by atoms with Crippen molar-refractivity contribution in [2.75, 3.05) is 7.11 Å². The van der Waals surface area contributed by atoms with Crippen LogP contribution in [0.3, 0.4) is 0 Å². The van der Waals surface area contributed by atoms with Gasteiger partial charge in [-0.1, -0.05) is 18.7 Å². The summed E-state index contributed by atoms with van der Waals surface area (Å²) in [7, 11) is 1.62. The zero-order valence-corrected chi connectivity index (χ0v) is 8.53. The molecule has 3 nitrogen and oxygen atoms in total. The molecule has 1 saturated heterocycles. The first kappa shape index (κ1) is 9.77. The summed E-state index contributed by atoms with van der Waals surface area (Å²) >= 11 is 0. The van der Waals surface area contributed by atoms with Crippen LogP contribution in [-0.4, -0.2) is 13.1 Å². The Labute approximate surface area is 88.3 Å². The van der Waals surface area contributed by atoms with Crippen molar-refractivity contribution in [3.05, 3.63) is 42.0 Å². The Balaban J connectivity index is 2.17. The van der Waals surface area contributed by atoms with E-state index in [0.29, 0.717) is 12.0 Å². The molecule has 15 heavy (non-hydrogen) atoms. The lowest BCUT2D eigenvalue weighted by Crippen LogP contribution is -1.98. The third-order valence-electron chi connectivity index (χ3n) is 2.46. The first-order valence-electron chi connectivity index (χ1n) is 4.73. The minimum Gasteiger partial charge on any atom is -0.497 e. The highest BCUT2D eigenvalue weighted by Gasteiger charge is 2.28. The molecular formula is C12H12O3. The van der Waals surface area contributed by atoms with E-state index in [1.165, 1.54) is 0 Å². The van der Waals surface area contributed by atoms with E-state index in [4.69, 9.17) is 9.47 Å². The second kappa shape index (κ2) is 3.77. The van der Waals surface area contributed by atoms with Crippen molar-refractivity contribution in [1.29, 1.82) is 0 Å². The molecule has 0 spiro atoms. The predicted molar refractivity (Wildman–Crippen MR) is 55.6 cm³/mol. The van der Waals surface area contributed by atoms with E-state index >= 15 is 0 Å². The molecule has 1 atom stereocenters. The molecule has 1 aromatic rings. The largest absolute Gasteiger partial charge is 0.497 e. The highest BCUT2D eigenvalue weighted by molar-refractivity contribution is 5.90. The van der Waals surface area contributed by atoms with Crippen LogP contribution in [0.5, 0.6) is 5.75 Å². The van der Waals surface area contributed by atoms with Gasteiger partial charge in [-0.25, -0.2) is 4.79 Å². The number of esters is 1. The summed E-state index contributed by atoms with van der Waals surface area (Å²) in [4.78, 5) is 11.1. The minimum absolute atomic E-state index is 0.184. The summed E-state index contributed by atoms with van der Waals surface area (Å²) in [5.41, 5.74) is 1.51. The Morgan fingerprint density at radius 1 is 1.40 bits per heavy atom. The minimum atomic E-state index is -0.296. The van der Waals surface area contributed by atoms with E-state index in [1.54, 1.807) is 7.11 Å². The van der Waals surface area contributed by atoms with Crippen LogP contribution < -0.4 is 4.74 Å². The van der Waals surface area contributed by atoms with Gasteiger partial charge in [-0.05, 0) is 17.7 Å². The topological polar surface area (TPSA) is 35.5 Å². The smallest absolute Gasteiger partial charge is 0.334 e. The number of carbonyl (C=O) groups is 1. The number of ether oxygens (including phenoxy) is 2. The molecule has 78 valence electrons. The van der Waals surface area contributed by atoms with E-state index < -0.39 is 0 Å². The second-order valence-corrected chi connectivity index (χ2v) is 3.47. The second-order valence-electron chi connectivity index (χ2n) is 3.47. The van der Waals surface area contributed by atoms with Crippen LogP contribution in [0.4, 0.5) is 0 Å². The number of hydrogen-bond donors (Lipinski definition) is 0. The third-order valence-corrected chi connectivity index (χ3v) is 2.46. The molecule has 0 aliphatic carbocycles. The standard InChI is InChI=1S/C12H12O3/c1-8-7-11(15-12(8)13)9-3-5-10(14-2)6-4-9/h3-6,11H,1,7H2,2H3/t11-/m0/s1. The third kappa shape index (κ3) is 1.86. The van der Waals surface area contributed by atoms with Crippen molar-refractivity contribution < 1.29 is 14.3 Å². The Hall–Kier alpha value is -1.77. The summed E-state index contributed by atoms with van der Waals surface area (Å²) in [6, 6.07) is 7.50. The van der Waals surface area contributed by atoms with Gasteiger partial charge in [0.25, 0.3) is 0 Å². The fourth-order valence-electron chi connectivity index (χ4n) is 1.57. The van der Waals surface area contributed by atoms with Crippen LogP contribution in [0.15, 0.2) is 36.4 Å². The highest BCUT2D eigenvalue weighted by atomic mass is 16.5. The molecule has 1 aromatic carbocycles. The summed E-state index contributed by atoms with van der Waals surface area (Å²) in [5, 5.41) is 0. The van der Waals surface area contributed by atoms with Crippen LogP contribution in [0.25, 0.3) is 0 Å². The molecule has 0 bridgehead atoms. The lowest BCUT2D eigenvalue weighted by Gasteiger charge is -2.09. The first-order valence-corrected chi connectivity index (χ1v) is 4.73. The maximum absolute atomic E-state index is 11.1. The van der Waals surface area contributed by atoms with E-state index in [-0.39, 0.29) is 12.1 Å². The SMILES string of the molecule is C=C1C[C@@H](c2ccc(OC)cc2)OC1=O. The average molecular weight is 204 g/mol. The van der Waals surface area contributed by atoms with E-state index in [9.17, 15) is 4.79 Å². The van der Waals surface area contributed by atoms with Crippen LogP contribution in [0, 0.1) is 0 Å². The Morgan fingerprint density at radius 2 is 2.07 bits per heavy atom. The number of cyclic esters (lactones) is 1. The normalized spacial score (nSPS) is 20.2. The number of carbonyl (C=O) groups excluding carboxylic acids is 1. The van der Waals surface area contributed by atoms with Crippen molar-refractivity contribution >= 4 is 5.97 Å². The van der Waals surface area contributed by atoms with Gasteiger partial charge in [0, 0.05) is 12.0 Å². The van der Waals surface area contributed by atoms with Crippen molar-refractivity contribution in [2.24, 2.45) is 0 Å². The van der Waals surface area contributed by atoms with Gasteiger partial charge in [-0.3, -0.25) is 0 Å². The highest BCUT2D eigenvalue weighted by Crippen LogP contribution is 2.32. The van der Waals surface area contributed by atoms with Gasteiger partial charge in [0.05, 0.1) is 7.11 Å². The molecule has 0 amide bonds. The van der Waals surface area contributed by atoms with Gasteiger partial charge in [0.15, 0.2) is 0 Å². The Kier molecular flexibility index (Phi) is 2.46. The number of methoxy groups -OCH3 is 1. The number of benzene rings is 1. The lowest BCUT2D eigenvalue weighted by atomic mass is 10.1. The monoisotopic (exact) mass is 204 g/mol. The Morgan fingerprint density at radius 3 is 2.53 bits per heavy atom. The average Bonchev–Trinajstić information content (AvgIpc) is 2.59. The summed E-state index contributed by atoms with van der Waals surface area (Å²) in [5.74, 6) is 0.498. The van der Waals surface area contributed by atoms with Crippen LogP contribution in [-0.2, 0) is 9.53 Å². The van der Waals surface area contributed by atoms with Crippen LogP contribution in [0.1, 0.15) is 18.1 Å². The van der Waals surface area contributed by atoms with E-state index in [0.717, 1.165) is 11.3 Å². The molecule has 0 radical (unpaired) electrons. The van der Waals surface area contributed by atoms with Gasteiger partial charge < -0.3 is 9.47 Å². The molecule has 0 saturated carbocycles. The van der Waals surface area contributed by atoms with Gasteiger partial charge in [0.1, 0.15) is 11.9 Å². The summed E-state index contributed by atoms with van der Waals surface area (Å²) in [6.45, 7) is 3.65. The molecule has 3 heteroatoms. The zero-order valence-electron chi connectivity index (χ0n) is 8.53. The quantitative estimate of drug-likeness (QED) is 0.547. The molecule has 0 N–H and O–H groups in total. The fraction of sp³-hybridized carbons (Fsp3) is 0.250. The van der Waals surface area contributed by atoms with Crippen molar-refractivity contribution in [1.82, 2.24) is 0 Å². The maximum Gasteiger partial charge on any atom is 0.334 e. The Bertz CT molecular complexity index is 376. The number of hydrogen-bond acceptors (Lipinski definition) is 3. The molecule has 0 aromatic heterocycles. The van der Waals surface area contributed by atoms with Crippen LogP contribution >= 0.6 is 0 Å². The molecule has 1 fully saturated rings. The maximum atomic E-state index is 11.1. The van der Waals surface area contributed by atoms with Crippen molar-refractivity contribution in [2.45, 2.75) is 12.5 Å². The molecule has 2 rings (SSSR count). The van der Waals surface area contributed by atoms with Crippen LogP contribution in [0.2, 0.25) is 0 Å². The van der Waals surface area contributed by atoms with Gasteiger partial charge in [-0.15, -0.1) is 0 Å². The van der Waals surface area contributed by atoms with E-state index in [2.05, 4.69) is 6.58 Å². The van der Waals surface area contributed by atoms with Crippen molar-refractivity contribution in [3.8, 4) is 5.75 Å². The molecule has 0 unspecified atom stereocenters. The summed E-state index contributed by atoms with van der Waals surface area (Å²) < 4.78 is 10.2. The molecule has 1 aliphatic heterocycles. The first-order chi connectivity index (χ1) is 7.20. The molecule has 1 aliphatic rings. The van der Waals surface area contributed by atoms with E-state index in [1.807, 2.05) is 24.3 Å². The predicted octanol–water partition coefficient (Wildman–Crippen LogP) is 2.24. The molecular weight excluding hydrogens is 192 g/mol. The van der Waals surface area contributed by atoms with Gasteiger partial charge >= 0.3 is 5.97 Å². The van der Waals surface area contributed by atoms with Gasteiger partial charge in [0.2, 0.25) is 0 Å². The number of rotatable bonds is 2. The fourth-order valence-corrected chi connectivity index (χ4v) is 1.57. The lowest BCUT2D eigenvalue weighted by molar-refractivity contribution is -0.139. The summed E-state index contributed by atoms with van der Waals surface area (Å²) in [6.07, 6.45) is 0.390. The van der Waals surface area contributed by atoms with Gasteiger partial charge in [-0.2, -0.15) is 0 Å². The van der Waals surface area contributed by atoms with Crippen molar-refractivity contribution in [3.63, 3.8) is 0 Å². The zero-order chi connectivity index (χ0) is 10.8. The molecule has 1 heterocycles.